The number of aromatic hydroxyl groups is 1. The lowest BCUT2D eigenvalue weighted by atomic mass is 10.2. The van der Waals surface area contributed by atoms with Crippen molar-refractivity contribution in [2.45, 2.75) is 20.8 Å². The molecule has 0 heterocycles. The minimum atomic E-state index is 0.329. The lowest BCUT2D eigenvalue weighted by molar-refractivity contribution is 0.475. The highest BCUT2D eigenvalue weighted by molar-refractivity contribution is 5.24. The molecule has 0 aliphatic carbocycles. The van der Waals surface area contributed by atoms with Crippen LogP contribution in [-0.4, -0.2) is 5.11 Å². The minimum absolute atomic E-state index is 0.329. The number of aryl methyl sites for hydroxylation is 1. The molecule has 0 amide bonds. The smallest absolute Gasteiger partial charge is 0.115 e. The van der Waals surface area contributed by atoms with Gasteiger partial charge in [-0.3, -0.25) is 0 Å². The molecule has 0 unspecified atom stereocenters. The fourth-order valence-electron chi connectivity index (χ4n) is 0.545. The van der Waals surface area contributed by atoms with Crippen LogP contribution in [0.15, 0.2) is 24.3 Å². The van der Waals surface area contributed by atoms with Crippen molar-refractivity contribution in [1.29, 1.82) is 0 Å². The summed E-state index contributed by atoms with van der Waals surface area (Å²) in [7, 11) is 0. The van der Waals surface area contributed by atoms with E-state index in [1.54, 1.807) is 12.1 Å². The molecular weight excluding hydrogens is 124 g/mol. The van der Waals surface area contributed by atoms with Gasteiger partial charge in [0, 0.05) is 0 Å². The molecule has 0 atom stereocenters. The average Bonchev–Trinajstić information content (AvgIpc) is 2.00. The molecule has 1 heteroatoms. The predicted octanol–water partition coefficient (Wildman–Crippen LogP) is 2.73. The van der Waals surface area contributed by atoms with Gasteiger partial charge in [0.2, 0.25) is 0 Å². The van der Waals surface area contributed by atoms with Gasteiger partial charge in [0.15, 0.2) is 0 Å². The zero-order valence-corrected chi connectivity index (χ0v) is 6.76. The third kappa shape index (κ3) is 3.13. The van der Waals surface area contributed by atoms with Crippen LogP contribution >= 0.6 is 0 Å². The number of rotatable bonds is 0. The summed E-state index contributed by atoms with van der Waals surface area (Å²) in [5.74, 6) is 0.329. The van der Waals surface area contributed by atoms with Crippen LogP contribution in [0.2, 0.25) is 0 Å². The molecule has 0 spiro atoms. The van der Waals surface area contributed by atoms with E-state index < -0.39 is 0 Å². The van der Waals surface area contributed by atoms with Crippen LogP contribution in [0.5, 0.6) is 5.75 Å². The Morgan fingerprint density at radius 1 is 1.00 bits per heavy atom. The van der Waals surface area contributed by atoms with Crippen LogP contribution < -0.4 is 0 Å². The van der Waals surface area contributed by atoms with E-state index in [1.165, 1.54) is 5.56 Å². The summed E-state index contributed by atoms with van der Waals surface area (Å²) in [6.07, 6.45) is 0. The van der Waals surface area contributed by atoms with E-state index in [2.05, 4.69) is 0 Å². The molecule has 0 radical (unpaired) electrons. The molecule has 1 nitrogen and oxygen atoms in total. The normalized spacial score (nSPS) is 7.90. The van der Waals surface area contributed by atoms with Crippen LogP contribution in [0, 0.1) is 6.92 Å². The van der Waals surface area contributed by atoms with Gasteiger partial charge in [0.25, 0.3) is 0 Å². The third-order valence-corrected chi connectivity index (χ3v) is 1.03. The van der Waals surface area contributed by atoms with E-state index in [4.69, 9.17) is 5.11 Å². The number of hydrogen-bond donors (Lipinski definition) is 1. The first kappa shape index (κ1) is 9.02. The minimum Gasteiger partial charge on any atom is -0.508 e. The van der Waals surface area contributed by atoms with Gasteiger partial charge in [0.05, 0.1) is 0 Å². The quantitative estimate of drug-likeness (QED) is 0.584. The van der Waals surface area contributed by atoms with Crippen molar-refractivity contribution in [3.8, 4) is 5.75 Å². The summed E-state index contributed by atoms with van der Waals surface area (Å²) >= 11 is 0. The maximum absolute atomic E-state index is 8.76. The highest BCUT2D eigenvalue weighted by atomic mass is 16.3. The lowest BCUT2D eigenvalue weighted by Gasteiger charge is -1.89. The summed E-state index contributed by atoms with van der Waals surface area (Å²) in [5.41, 5.74) is 1.17. The summed E-state index contributed by atoms with van der Waals surface area (Å²) in [4.78, 5) is 0. The third-order valence-electron chi connectivity index (χ3n) is 1.03. The number of phenols is 1. The summed E-state index contributed by atoms with van der Waals surface area (Å²) in [5, 5.41) is 8.76. The summed E-state index contributed by atoms with van der Waals surface area (Å²) < 4.78 is 0. The predicted molar refractivity (Wildman–Crippen MR) is 44.2 cm³/mol. The Morgan fingerprint density at radius 3 is 1.70 bits per heavy atom. The van der Waals surface area contributed by atoms with Crippen molar-refractivity contribution < 1.29 is 5.11 Å². The van der Waals surface area contributed by atoms with Crippen LogP contribution in [-0.2, 0) is 0 Å². The van der Waals surface area contributed by atoms with Gasteiger partial charge < -0.3 is 5.11 Å². The molecule has 1 N–H and O–H groups in total. The Morgan fingerprint density at radius 2 is 1.40 bits per heavy atom. The Kier molecular flexibility index (Phi) is 4.38. The standard InChI is InChI=1S/C7H8O.C2H6/c1-6-2-4-7(8)5-3-6;1-2/h2-5,8H,1H3;1-2H3. The van der Waals surface area contributed by atoms with E-state index >= 15 is 0 Å². The molecule has 0 aliphatic heterocycles. The topological polar surface area (TPSA) is 20.2 Å². The first-order chi connectivity index (χ1) is 4.79. The van der Waals surface area contributed by atoms with Gasteiger partial charge in [-0.05, 0) is 19.1 Å². The van der Waals surface area contributed by atoms with Crippen molar-refractivity contribution in [1.82, 2.24) is 0 Å². The SMILES string of the molecule is CC.Cc1ccc(O)cc1. The molecule has 0 saturated carbocycles. The fraction of sp³-hybridized carbons (Fsp3) is 0.333. The zero-order valence-electron chi connectivity index (χ0n) is 6.76. The first-order valence-corrected chi connectivity index (χ1v) is 3.54. The van der Waals surface area contributed by atoms with Crippen molar-refractivity contribution in [3.63, 3.8) is 0 Å². The maximum atomic E-state index is 8.76. The van der Waals surface area contributed by atoms with Crippen LogP contribution in [0.25, 0.3) is 0 Å². The molecule has 56 valence electrons. The summed E-state index contributed by atoms with van der Waals surface area (Å²) in [6.45, 7) is 5.99. The van der Waals surface area contributed by atoms with Gasteiger partial charge >= 0.3 is 0 Å². The Hall–Kier alpha value is -0.980. The molecule has 0 aliphatic rings. The zero-order chi connectivity index (χ0) is 7.98. The van der Waals surface area contributed by atoms with E-state index in [0.29, 0.717) is 5.75 Å². The van der Waals surface area contributed by atoms with E-state index in [0.717, 1.165) is 0 Å². The molecule has 0 fully saturated rings. The molecule has 0 saturated heterocycles. The van der Waals surface area contributed by atoms with E-state index in [1.807, 2.05) is 32.9 Å². The largest absolute Gasteiger partial charge is 0.508 e. The first-order valence-electron chi connectivity index (χ1n) is 3.54. The molecule has 1 rings (SSSR count). The van der Waals surface area contributed by atoms with E-state index in [-0.39, 0.29) is 0 Å². The Bertz CT molecular complexity index is 144. The van der Waals surface area contributed by atoms with Gasteiger partial charge in [-0.2, -0.15) is 0 Å². The highest BCUT2D eigenvalue weighted by Crippen LogP contribution is 2.07. The number of phenolic OH excluding ortho intramolecular Hbond substituents is 1. The molecular formula is C9H14O. The highest BCUT2D eigenvalue weighted by Gasteiger charge is 1.82. The van der Waals surface area contributed by atoms with Crippen LogP contribution in [0.4, 0.5) is 0 Å². The molecule has 1 aromatic carbocycles. The number of benzene rings is 1. The van der Waals surface area contributed by atoms with E-state index in [9.17, 15) is 0 Å². The second-order valence-corrected chi connectivity index (χ2v) is 1.84. The number of hydrogen-bond acceptors (Lipinski definition) is 1. The molecule has 0 aromatic heterocycles. The van der Waals surface area contributed by atoms with Crippen molar-refractivity contribution in [3.05, 3.63) is 29.8 Å². The van der Waals surface area contributed by atoms with Crippen LogP contribution in [0.3, 0.4) is 0 Å². The molecule has 10 heavy (non-hydrogen) atoms. The summed E-state index contributed by atoms with van der Waals surface area (Å²) in [6, 6.07) is 7.09. The second-order valence-electron chi connectivity index (χ2n) is 1.84. The molecule has 1 aromatic rings. The monoisotopic (exact) mass is 138 g/mol. The fourth-order valence-corrected chi connectivity index (χ4v) is 0.545. The van der Waals surface area contributed by atoms with Gasteiger partial charge in [-0.15, -0.1) is 0 Å². The average molecular weight is 138 g/mol. The Labute approximate surface area is 62.3 Å². The van der Waals surface area contributed by atoms with Crippen LogP contribution in [0.1, 0.15) is 19.4 Å². The second kappa shape index (κ2) is 4.86. The lowest BCUT2D eigenvalue weighted by Crippen LogP contribution is -1.66. The van der Waals surface area contributed by atoms with Crippen molar-refractivity contribution >= 4 is 0 Å². The Balaban J connectivity index is 0.000000371. The van der Waals surface area contributed by atoms with Crippen molar-refractivity contribution in [2.75, 3.05) is 0 Å². The molecule has 0 bridgehead atoms. The van der Waals surface area contributed by atoms with Crippen molar-refractivity contribution in [2.24, 2.45) is 0 Å². The van der Waals surface area contributed by atoms with Gasteiger partial charge in [0.1, 0.15) is 5.75 Å². The van der Waals surface area contributed by atoms with Gasteiger partial charge in [-0.25, -0.2) is 0 Å². The maximum Gasteiger partial charge on any atom is 0.115 e. The van der Waals surface area contributed by atoms with Gasteiger partial charge in [-0.1, -0.05) is 31.5 Å².